The zero-order valence-corrected chi connectivity index (χ0v) is 10.7. The number of nitrogens with one attached hydrogen (secondary N) is 2. The van der Waals surface area contributed by atoms with Crippen molar-refractivity contribution in [2.75, 3.05) is 11.5 Å². The third kappa shape index (κ3) is 7.01. The van der Waals surface area contributed by atoms with Crippen LogP contribution >= 0.6 is 21.6 Å². The monoisotopic (exact) mass is 296 g/mol. The Labute approximate surface area is 110 Å². The summed E-state index contributed by atoms with van der Waals surface area (Å²) in [7, 11) is 2.19. The molecule has 0 aliphatic rings. The zero-order chi connectivity index (χ0) is 14.0. The number of hydrogen-bond donors (Lipinski definition) is 4. The van der Waals surface area contributed by atoms with Gasteiger partial charge in [0.1, 0.15) is 12.1 Å². The first-order valence-electron chi connectivity index (χ1n) is 4.62. The van der Waals surface area contributed by atoms with E-state index in [1.807, 2.05) is 0 Å². The van der Waals surface area contributed by atoms with Gasteiger partial charge in [0.15, 0.2) is 0 Å². The van der Waals surface area contributed by atoms with E-state index in [9.17, 15) is 19.2 Å². The molecule has 0 heterocycles. The average molecular weight is 296 g/mol. The molecule has 0 aromatic carbocycles. The second-order valence-electron chi connectivity index (χ2n) is 2.92. The summed E-state index contributed by atoms with van der Waals surface area (Å²) in [6.07, 6.45) is 0.579. The topological polar surface area (TPSA) is 133 Å². The molecule has 0 fully saturated rings. The smallest absolute Gasteiger partial charge is 0.327 e. The predicted molar refractivity (Wildman–Crippen MR) is 66.2 cm³/mol. The van der Waals surface area contributed by atoms with E-state index < -0.39 is 24.0 Å². The summed E-state index contributed by atoms with van der Waals surface area (Å²) in [6.45, 7) is 0. The predicted octanol–water partition coefficient (Wildman–Crippen LogP) is -1.23. The van der Waals surface area contributed by atoms with Gasteiger partial charge in [-0.2, -0.15) is 0 Å². The summed E-state index contributed by atoms with van der Waals surface area (Å²) in [5.74, 6) is -2.16. The van der Waals surface area contributed by atoms with Crippen molar-refractivity contribution < 1.29 is 29.4 Å². The van der Waals surface area contributed by atoms with Gasteiger partial charge in [-0.1, -0.05) is 21.6 Å². The van der Waals surface area contributed by atoms with Gasteiger partial charge >= 0.3 is 11.9 Å². The van der Waals surface area contributed by atoms with Crippen LogP contribution in [0.15, 0.2) is 0 Å². The Balaban J connectivity index is 3.94. The van der Waals surface area contributed by atoms with Gasteiger partial charge in [-0.3, -0.25) is 9.59 Å². The Morgan fingerprint density at radius 2 is 1.28 bits per heavy atom. The maximum absolute atomic E-state index is 10.6. The van der Waals surface area contributed by atoms with Crippen LogP contribution in [0.1, 0.15) is 0 Å². The number of carbonyl (C=O) groups excluding carboxylic acids is 2. The van der Waals surface area contributed by atoms with Crippen molar-refractivity contribution in [2.24, 2.45) is 0 Å². The van der Waals surface area contributed by atoms with Gasteiger partial charge in [-0.05, 0) is 0 Å². The minimum Gasteiger partial charge on any atom is -0.480 e. The maximum atomic E-state index is 10.6. The quantitative estimate of drug-likeness (QED) is 0.211. The number of aliphatic carboxylic acids is 2. The molecule has 0 bridgehead atoms. The normalized spacial score (nSPS) is 13.1. The average Bonchev–Trinajstić information content (AvgIpc) is 2.30. The zero-order valence-electron chi connectivity index (χ0n) is 9.07. The molecule has 18 heavy (non-hydrogen) atoms. The second kappa shape index (κ2) is 9.59. The van der Waals surface area contributed by atoms with Crippen LogP contribution < -0.4 is 10.6 Å². The molecule has 10 heteroatoms. The van der Waals surface area contributed by atoms with Gasteiger partial charge in [0.05, 0.1) is 0 Å². The molecule has 0 aromatic heterocycles. The number of carboxylic acid groups (broad SMARTS) is 2. The molecule has 0 radical (unpaired) electrons. The molecule has 0 saturated carbocycles. The molecule has 0 aromatic rings. The van der Waals surface area contributed by atoms with Crippen molar-refractivity contribution in [1.29, 1.82) is 0 Å². The second-order valence-corrected chi connectivity index (χ2v) is 5.47. The summed E-state index contributed by atoms with van der Waals surface area (Å²) in [6, 6.07) is -2.05. The van der Waals surface area contributed by atoms with E-state index in [0.717, 1.165) is 21.6 Å². The Morgan fingerprint density at radius 3 is 1.50 bits per heavy atom. The molecule has 8 nitrogen and oxygen atoms in total. The molecule has 0 aliphatic heterocycles. The minimum absolute atomic E-state index is 0.0895. The molecule has 102 valence electrons. The highest BCUT2D eigenvalue weighted by Crippen LogP contribution is 2.22. The third-order valence-electron chi connectivity index (χ3n) is 1.69. The van der Waals surface area contributed by atoms with E-state index >= 15 is 0 Å². The number of rotatable bonds is 11. The van der Waals surface area contributed by atoms with Crippen LogP contribution in [0, 0.1) is 0 Å². The minimum atomic E-state index is -1.17. The molecular formula is C8H12N2O6S2. The lowest BCUT2D eigenvalue weighted by Crippen LogP contribution is -2.38. The van der Waals surface area contributed by atoms with Crippen molar-refractivity contribution in [2.45, 2.75) is 12.1 Å². The van der Waals surface area contributed by atoms with Gasteiger partial charge < -0.3 is 20.8 Å². The Morgan fingerprint density at radius 1 is 0.944 bits per heavy atom. The van der Waals surface area contributed by atoms with E-state index in [4.69, 9.17) is 10.2 Å². The number of carbonyl (C=O) groups is 4. The number of carboxylic acids is 2. The van der Waals surface area contributed by atoms with E-state index in [-0.39, 0.29) is 24.3 Å². The molecular weight excluding hydrogens is 284 g/mol. The van der Waals surface area contributed by atoms with E-state index in [1.165, 1.54) is 0 Å². The van der Waals surface area contributed by atoms with Crippen LogP contribution in [0.5, 0.6) is 0 Å². The maximum Gasteiger partial charge on any atom is 0.327 e. The molecule has 2 amide bonds. The molecule has 0 saturated heterocycles. The SMILES string of the molecule is O=CN[C@@H](CSSC[C@@H](NC=O)C(=O)O)C(=O)O. The summed E-state index contributed by atoms with van der Waals surface area (Å²) in [4.78, 5) is 41.5. The van der Waals surface area contributed by atoms with Crippen LogP contribution in [0.3, 0.4) is 0 Å². The van der Waals surface area contributed by atoms with Crippen LogP contribution in [0.25, 0.3) is 0 Å². The number of amides is 2. The lowest BCUT2D eigenvalue weighted by atomic mass is 10.3. The first-order valence-corrected chi connectivity index (χ1v) is 7.11. The molecule has 0 spiro atoms. The van der Waals surface area contributed by atoms with E-state index in [1.54, 1.807) is 0 Å². The highest BCUT2D eigenvalue weighted by atomic mass is 33.1. The van der Waals surface area contributed by atoms with Crippen LogP contribution in [-0.4, -0.2) is 58.6 Å². The Kier molecular flexibility index (Phi) is 8.84. The first-order chi connectivity index (χ1) is 8.52. The van der Waals surface area contributed by atoms with Gasteiger partial charge in [0.25, 0.3) is 0 Å². The Bertz CT molecular complexity index is 284. The van der Waals surface area contributed by atoms with Crippen molar-refractivity contribution in [3.05, 3.63) is 0 Å². The first kappa shape index (κ1) is 16.6. The van der Waals surface area contributed by atoms with Gasteiger partial charge in [0, 0.05) is 11.5 Å². The largest absolute Gasteiger partial charge is 0.480 e. The van der Waals surface area contributed by atoms with Crippen molar-refractivity contribution in [1.82, 2.24) is 10.6 Å². The summed E-state index contributed by atoms with van der Waals surface area (Å²) in [5, 5.41) is 21.6. The standard InChI is InChI=1S/C8H12N2O6S2/c11-3-9-5(7(13)14)1-17-18-2-6(8(15)16)10-4-12/h3-6H,1-2H2,(H,9,11)(H,10,12)(H,13,14)(H,15,16)/t5-,6+. The number of hydrogen-bond acceptors (Lipinski definition) is 6. The summed E-state index contributed by atoms with van der Waals surface area (Å²) >= 11 is 0. The highest BCUT2D eigenvalue weighted by molar-refractivity contribution is 8.76. The molecule has 2 atom stereocenters. The lowest BCUT2D eigenvalue weighted by molar-refractivity contribution is -0.140. The highest BCUT2D eigenvalue weighted by Gasteiger charge is 2.19. The summed E-state index contributed by atoms with van der Waals surface area (Å²) < 4.78 is 0. The molecule has 0 rings (SSSR count). The van der Waals surface area contributed by atoms with Gasteiger partial charge in [-0.25, -0.2) is 9.59 Å². The van der Waals surface area contributed by atoms with Crippen molar-refractivity contribution in [3.8, 4) is 0 Å². The lowest BCUT2D eigenvalue weighted by Gasteiger charge is -2.12. The van der Waals surface area contributed by atoms with Crippen molar-refractivity contribution in [3.63, 3.8) is 0 Å². The molecule has 4 N–H and O–H groups in total. The van der Waals surface area contributed by atoms with Gasteiger partial charge in [-0.15, -0.1) is 0 Å². The fraction of sp³-hybridized carbons (Fsp3) is 0.500. The van der Waals surface area contributed by atoms with Crippen LogP contribution in [-0.2, 0) is 19.2 Å². The van der Waals surface area contributed by atoms with Crippen LogP contribution in [0.2, 0.25) is 0 Å². The fourth-order valence-corrected chi connectivity index (χ4v) is 3.11. The van der Waals surface area contributed by atoms with Crippen molar-refractivity contribution >= 4 is 46.3 Å². The molecule has 0 aliphatic carbocycles. The van der Waals surface area contributed by atoms with E-state index in [2.05, 4.69) is 10.6 Å². The molecule has 0 unspecified atom stereocenters. The summed E-state index contributed by atoms with van der Waals surface area (Å²) in [5.41, 5.74) is 0. The fourth-order valence-electron chi connectivity index (χ4n) is 0.778. The Hall–Kier alpha value is -1.42. The van der Waals surface area contributed by atoms with Gasteiger partial charge in [0.2, 0.25) is 12.8 Å². The third-order valence-corrected chi connectivity index (χ3v) is 4.11. The van der Waals surface area contributed by atoms with Crippen LogP contribution in [0.4, 0.5) is 0 Å². The van der Waals surface area contributed by atoms with E-state index in [0.29, 0.717) is 0 Å².